The molecule has 0 saturated heterocycles. The van der Waals surface area contributed by atoms with Crippen molar-refractivity contribution >= 4 is 5.69 Å². The van der Waals surface area contributed by atoms with Crippen molar-refractivity contribution in [3.05, 3.63) is 24.3 Å². The predicted octanol–water partition coefficient (Wildman–Crippen LogP) is 4.24. The van der Waals surface area contributed by atoms with Gasteiger partial charge < -0.3 is 9.64 Å². The number of nitrogens with zero attached hydrogens (tertiary/aromatic N) is 1. The smallest absolute Gasteiger partial charge is 0.142 e. The molecule has 0 bridgehead atoms. The van der Waals surface area contributed by atoms with E-state index >= 15 is 0 Å². The maximum Gasteiger partial charge on any atom is 0.142 e. The van der Waals surface area contributed by atoms with E-state index in [0.717, 1.165) is 12.3 Å². The van der Waals surface area contributed by atoms with Crippen molar-refractivity contribution in [2.75, 3.05) is 18.6 Å². The first kappa shape index (κ1) is 13.3. The Morgan fingerprint density at radius 2 is 1.89 bits per heavy atom. The molecule has 0 unspecified atom stereocenters. The third-order valence-corrected chi connectivity index (χ3v) is 3.87. The van der Waals surface area contributed by atoms with E-state index in [4.69, 9.17) is 4.74 Å². The van der Waals surface area contributed by atoms with Crippen LogP contribution in [-0.2, 0) is 0 Å². The lowest BCUT2D eigenvalue weighted by atomic mass is 9.93. The molecule has 0 aliphatic heterocycles. The number of ether oxygens (including phenoxy) is 1. The molecular formula is C16H25NO. The van der Waals surface area contributed by atoms with Gasteiger partial charge in [0.1, 0.15) is 5.75 Å². The minimum absolute atomic E-state index is 0.704. The number of benzene rings is 1. The van der Waals surface area contributed by atoms with Gasteiger partial charge in [-0.1, -0.05) is 38.3 Å². The fourth-order valence-corrected chi connectivity index (χ4v) is 3.00. The van der Waals surface area contributed by atoms with E-state index in [1.807, 2.05) is 6.07 Å². The number of para-hydroxylation sites is 2. The normalized spacial score (nSPS) is 16.6. The van der Waals surface area contributed by atoms with Crippen molar-refractivity contribution in [1.29, 1.82) is 0 Å². The summed E-state index contributed by atoms with van der Waals surface area (Å²) in [4.78, 5) is 2.57. The zero-order valence-electron chi connectivity index (χ0n) is 11.7. The largest absolute Gasteiger partial charge is 0.495 e. The summed E-state index contributed by atoms with van der Waals surface area (Å²) in [5.74, 6) is 1.01. The lowest BCUT2D eigenvalue weighted by Gasteiger charge is -2.36. The SMILES string of the molecule is CCCN(c1ccccc1OC)C1CCCCC1. The minimum Gasteiger partial charge on any atom is -0.495 e. The molecule has 1 saturated carbocycles. The Bertz CT molecular complexity index is 358. The fourth-order valence-electron chi connectivity index (χ4n) is 3.00. The molecule has 2 heteroatoms. The van der Waals surface area contributed by atoms with Crippen LogP contribution in [0, 0.1) is 0 Å². The monoisotopic (exact) mass is 247 g/mol. The molecule has 1 aliphatic carbocycles. The highest BCUT2D eigenvalue weighted by atomic mass is 16.5. The number of hydrogen-bond donors (Lipinski definition) is 0. The van der Waals surface area contributed by atoms with E-state index in [9.17, 15) is 0 Å². The second kappa shape index (κ2) is 6.67. The molecule has 0 atom stereocenters. The van der Waals surface area contributed by atoms with E-state index in [-0.39, 0.29) is 0 Å². The van der Waals surface area contributed by atoms with Gasteiger partial charge in [0.15, 0.2) is 0 Å². The van der Waals surface area contributed by atoms with Crippen LogP contribution in [0.15, 0.2) is 24.3 Å². The molecular weight excluding hydrogens is 222 g/mol. The van der Waals surface area contributed by atoms with Gasteiger partial charge in [-0.25, -0.2) is 0 Å². The molecule has 1 aromatic rings. The molecule has 1 fully saturated rings. The summed E-state index contributed by atoms with van der Waals surface area (Å²) in [6.07, 6.45) is 8.01. The van der Waals surface area contributed by atoms with Crippen LogP contribution in [0.5, 0.6) is 5.75 Å². The molecule has 2 nitrogen and oxygen atoms in total. The molecule has 100 valence electrons. The van der Waals surface area contributed by atoms with Gasteiger partial charge in [0.2, 0.25) is 0 Å². The van der Waals surface area contributed by atoms with Gasteiger partial charge in [0.05, 0.1) is 12.8 Å². The highest BCUT2D eigenvalue weighted by Crippen LogP contribution is 2.33. The lowest BCUT2D eigenvalue weighted by Crippen LogP contribution is -2.37. The van der Waals surface area contributed by atoms with Gasteiger partial charge in [-0.2, -0.15) is 0 Å². The molecule has 1 aromatic carbocycles. The van der Waals surface area contributed by atoms with Crippen LogP contribution in [0.4, 0.5) is 5.69 Å². The van der Waals surface area contributed by atoms with Crippen LogP contribution in [-0.4, -0.2) is 19.7 Å². The van der Waals surface area contributed by atoms with Gasteiger partial charge in [-0.05, 0) is 31.4 Å². The van der Waals surface area contributed by atoms with Crippen LogP contribution in [0.25, 0.3) is 0 Å². The standard InChI is InChI=1S/C16H25NO/c1-3-13-17(14-9-5-4-6-10-14)15-11-7-8-12-16(15)18-2/h7-8,11-12,14H,3-6,9-10,13H2,1-2H3. The predicted molar refractivity (Wildman–Crippen MR) is 77.5 cm³/mol. The van der Waals surface area contributed by atoms with E-state index < -0.39 is 0 Å². The van der Waals surface area contributed by atoms with Gasteiger partial charge in [-0.15, -0.1) is 0 Å². The average molecular weight is 247 g/mol. The van der Waals surface area contributed by atoms with Crippen LogP contribution in [0.3, 0.4) is 0 Å². The highest BCUT2D eigenvalue weighted by Gasteiger charge is 2.22. The summed E-state index contributed by atoms with van der Waals surface area (Å²) in [6, 6.07) is 9.13. The van der Waals surface area contributed by atoms with Crippen molar-refractivity contribution in [3.8, 4) is 5.75 Å². The van der Waals surface area contributed by atoms with Gasteiger partial charge in [0, 0.05) is 12.6 Å². The Morgan fingerprint density at radius 3 is 2.56 bits per heavy atom. The quantitative estimate of drug-likeness (QED) is 0.771. The first-order valence-corrected chi connectivity index (χ1v) is 7.26. The molecule has 0 aromatic heterocycles. The van der Waals surface area contributed by atoms with Crippen LogP contribution < -0.4 is 9.64 Å². The number of rotatable bonds is 5. The van der Waals surface area contributed by atoms with E-state index in [2.05, 4.69) is 30.0 Å². The third-order valence-electron chi connectivity index (χ3n) is 3.87. The first-order chi connectivity index (χ1) is 8.86. The Kier molecular flexibility index (Phi) is 4.91. The van der Waals surface area contributed by atoms with E-state index in [1.54, 1.807) is 7.11 Å². The molecule has 2 rings (SSSR count). The highest BCUT2D eigenvalue weighted by molar-refractivity contribution is 5.59. The third kappa shape index (κ3) is 2.98. The number of methoxy groups -OCH3 is 1. The van der Waals surface area contributed by atoms with Crippen molar-refractivity contribution in [2.45, 2.75) is 51.5 Å². The zero-order chi connectivity index (χ0) is 12.8. The molecule has 0 spiro atoms. The summed E-state index contributed by atoms with van der Waals surface area (Å²) < 4.78 is 5.52. The van der Waals surface area contributed by atoms with Crippen molar-refractivity contribution < 1.29 is 4.74 Å². The van der Waals surface area contributed by atoms with Gasteiger partial charge >= 0.3 is 0 Å². The Balaban J connectivity index is 2.22. The molecule has 0 radical (unpaired) electrons. The van der Waals surface area contributed by atoms with Gasteiger partial charge in [-0.3, -0.25) is 0 Å². The Hall–Kier alpha value is -1.18. The topological polar surface area (TPSA) is 12.5 Å². The summed E-state index contributed by atoms with van der Waals surface area (Å²) >= 11 is 0. The number of hydrogen-bond acceptors (Lipinski definition) is 2. The van der Waals surface area contributed by atoms with Crippen molar-refractivity contribution in [3.63, 3.8) is 0 Å². The molecule has 0 heterocycles. The maximum absolute atomic E-state index is 5.52. The molecule has 0 N–H and O–H groups in total. The summed E-state index contributed by atoms with van der Waals surface area (Å²) in [5.41, 5.74) is 1.27. The van der Waals surface area contributed by atoms with Crippen molar-refractivity contribution in [2.24, 2.45) is 0 Å². The summed E-state index contributed by atoms with van der Waals surface area (Å²) in [6.45, 7) is 3.39. The fraction of sp³-hybridized carbons (Fsp3) is 0.625. The molecule has 18 heavy (non-hydrogen) atoms. The summed E-state index contributed by atoms with van der Waals surface area (Å²) in [5, 5.41) is 0. The summed E-state index contributed by atoms with van der Waals surface area (Å²) in [7, 11) is 1.77. The zero-order valence-corrected chi connectivity index (χ0v) is 11.7. The minimum atomic E-state index is 0.704. The maximum atomic E-state index is 5.52. The van der Waals surface area contributed by atoms with Crippen LogP contribution >= 0.6 is 0 Å². The second-order valence-electron chi connectivity index (χ2n) is 5.16. The van der Waals surface area contributed by atoms with Crippen LogP contribution in [0.1, 0.15) is 45.4 Å². The Morgan fingerprint density at radius 1 is 1.17 bits per heavy atom. The van der Waals surface area contributed by atoms with Crippen molar-refractivity contribution in [1.82, 2.24) is 0 Å². The average Bonchev–Trinajstić information content (AvgIpc) is 2.46. The lowest BCUT2D eigenvalue weighted by molar-refractivity contribution is 0.394. The Labute approximate surface area is 111 Å². The van der Waals surface area contributed by atoms with Crippen LogP contribution in [0.2, 0.25) is 0 Å². The molecule has 0 amide bonds. The number of anilines is 1. The second-order valence-corrected chi connectivity index (χ2v) is 5.16. The molecule has 1 aliphatic rings. The van der Waals surface area contributed by atoms with Gasteiger partial charge in [0.25, 0.3) is 0 Å². The van der Waals surface area contributed by atoms with E-state index in [1.165, 1.54) is 44.2 Å². The van der Waals surface area contributed by atoms with E-state index in [0.29, 0.717) is 6.04 Å². The first-order valence-electron chi connectivity index (χ1n) is 7.26.